The molecule has 2 unspecified atom stereocenters. The molecule has 0 saturated heterocycles. The Morgan fingerprint density at radius 2 is 1.93 bits per heavy atom. The molecule has 1 N–H and O–H groups in total. The minimum atomic E-state index is -0.540. The van der Waals surface area contributed by atoms with E-state index in [2.05, 4.69) is 21.6 Å². The number of hydrogen-bond acceptors (Lipinski definition) is 6. The summed E-state index contributed by atoms with van der Waals surface area (Å²) in [5.41, 5.74) is 0.800. The number of benzene rings is 1. The van der Waals surface area contributed by atoms with Gasteiger partial charge in [-0.05, 0) is 57.9 Å². The molecule has 0 bridgehead atoms. The van der Waals surface area contributed by atoms with Gasteiger partial charge < -0.3 is 14.5 Å². The third-order valence-corrected chi connectivity index (χ3v) is 4.49. The van der Waals surface area contributed by atoms with Gasteiger partial charge in [-0.3, -0.25) is 0 Å². The Bertz CT molecular complexity index is 830. The lowest BCUT2D eigenvalue weighted by atomic mass is 9.84. The smallest absolute Gasteiger partial charge is 0.407 e. The Morgan fingerprint density at radius 3 is 2.59 bits per heavy atom. The molecule has 1 saturated carbocycles. The van der Waals surface area contributed by atoms with Gasteiger partial charge in [-0.1, -0.05) is 12.8 Å². The van der Waals surface area contributed by atoms with Gasteiger partial charge in [-0.25, -0.2) is 4.79 Å². The summed E-state index contributed by atoms with van der Waals surface area (Å²) in [7, 11) is 0. The standard InChI is InChI=1S/C20H24N4O3/c1-20(2,3)27-19(25)22-16-7-5-4-6-15(16)18-24-23-17(26-18)14-10-8-13(12-21)9-11-14/h8-11,15-16H,4-7H2,1-3H3,(H,22,25). The van der Waals surface area contributed by atoms with Crippen LogP contribution in [0.4, 0.5) is 4.79 Å². The number of nitriles is 1. The molecule has 1 fully saturated rings. The largest absolute Gasteiger partial charge is 0.444 e. The second-order valence-electron chi connectivity index (χ2n) is 7.78. The number of nitrogens with zero attached hydrogens (tertiary/aromatic N) is 3. The Labute approximate surface area is 158 Å². The lowest BCUT2D eigenvalue weighted by Crippen LogP contribution is -2.43. The van der Waals surface area contributed by atoms with Crippen LogP contribution in [0, 0.1) is 11.3 Å². The number of alkyl carbamates (subject to hydrolysis) is 1. The van der Waals surface area contributed by atoms with E-state index in [-0.39, 0.29) is 12.0 Å². The third kappa shape index (κ3) is 4.85. The number of carbonyl (C=O) groups is 1. The molecule has 1 heterocycles. The molecule has 7 heteroatoms. The van der Waals surface area contributed by atoms with Gasteiger partial charge in [-0.15, -0.1) is 10.2 Å². The van der Waals surface area contributed by atoms with E-state index < -0.39 is 11.7 Å². The quantitative estimate of drug-likeness (QED) is 0.873. The number of amides is 1. The van der Waals surface area contributed by atoms with Crippen LogP contribution in [0.15, 0.2) is 28.7 Å². The highest BCUT2D eigenvalue weighted by Gasteiger charge is 2.33. The van der Waals surface area contributed by atoms with Crippen LogP contribution in [-0.4, -0.2) is 27.9 Å². The number of ether oxygens (including phenoxy) is 1. The number of nitrogens with one attached hydrogen (secondary N) is 1. The van der Waals surface area contributed by atoms with Crippen molar-refractivity contribution in [3.63, 3.8) is 0 Å². The van der Waals surface area contributed by atoms with Crippen molar-refractivity contribution in [2.75, 3.05) is 0 Å². The average Bonchev–Trinajstić information content (AvgIpc) is 3.10. The van der Waals surface area contributed by atoms with Crippen molar-refractivity contribution in [2.45, 2.75) is 64.0 Å². The second kappa shape index (κ2) is 7.78. The van der Waals surface area contributed by atoms with Crippen LogP contribution in [0.3, 0.4) is 0 Å². The summed E-state index contributed by atoms with van der Waals surface area (Å²) in [6.07, 6.45) is 3.37. The van der Waals surface area contributed by atoms with Gasteiger partial charge in [0, 0.05) is 11.6 Å². The predicted octanol–water partition coefficient (Wildman–Crippen LogP) is 4.16. The number of carbonyl (C=O) groups excluding carboxylic acids is 1. The first-order valence-electron chi connectivity index (χ1n) is 9.19. The molecule has 1 aliphatic rings. The van der Waals surface area contributed by atoms with Gasteiger partial charge >= 0.3 is 6.09 Å². The first-order chi connectivity index (χ1) is 12.9. The molecule has 142 valence electrons. The molecule has 27 heavy (non-hydrogen) atoms. The fourth-order valence-corrected chi connectivity index (χ4v) is 3.25. The van der Waals surface area contributed by atoms with Gasteiger partial charge in [0.25, 0.3) is 0 Å². The SMILES string of the molecule is CC(C)(C)OC(=O)NC1CCCCC1c1nnc(-c2ccc(C#N)cc2)o1. The maximum Gasteiger partial charge on any atom is 0.407 e. The molecule has 0 spiro atoms. The predicted molar refractivity (Wildman–Crippen MR) is 98.8 cm³/mol. The van der Waals surface area contributed by atoms with Crippen LogP contribution in [0.2, 0.25) is 0 Å². The Morgan fingerprint density at radius 1 is 1.22 bits per heavy atom. The van der Waals surface area contributed by atoms with E-state index in [0.29, 0.717) is 17.3 Å². The van der Waals surface area contributed by atoms with Crippen molar-refractivity contribution >= 4 is 6.09 Å². The van der Waals surface area contributed by atoms with Gasteiger partial charge in [-0.2, -0.15) is 5.26 Å². The van der Waals surface area contributed by atoms with Crippen LogP contribution in [0.25, 0.3) is 11.5 Å². The molecule has 7 nitrogen and oxygen atoms in total. The molecule has 2 atom stereocenters. The Hall–Kier alpha value is -2.88. The van der Waals surface area contributed by atoms with E-state index in [1.165, 1.54) is 0 Å². The summed E-state index contributed by atoms with van der Waals surface area (Å²) in [4.78, 5) is 12.2. The topological polar surface area (TPSA) is 101 Å². The van der Waals surface area contributed by atoms with Gasteiger partial charge in [0.1, 0.15) is 5.60 Å². The summed E-state index contributed by atoms with van der Waals surface area (Å²) in [5.74, 6) is 0.900. The molecule has 1 aromatic heterocycles. The molecular weight excluding hydrogens is 344 g/mol. The third-order valence-electron chi connectivity index (χ3n) is 4.49. The molecule has 0 radical (unpaired) electrons. The van der Waals surface area contributed by atoms with Crippen LogP contribution < -0.4 is 5.32 Å². The zero-order valence-corrected chi connectivity index (χ0v) is 15.9. The summed E-state index contributed by atoms with van der Waals surface area (Å²) in [6.45, 7) is 5.52. The number of rotatable bonds is 3. The molecule has 1 aliphatic carbocycles. The van der Waals surface area contributed by atoms with Gasteiger partial charge in [0.15, 0.2) is 0 Å². The van der Waals surface area contributed by atoms with Crippen LogP contribution >= 0.6 is 0 Å². The molecular formula is C20H24N4O3. The van der Waals surface area contributed by atoms with Crippen molar-refractivity contribution in [3.05, 3.63) is 35.7 Å². The highest BCUT2D eigenvalue weighted by molar-refractivity contribution is 5.68. The highest BCUT2D eigenvalue weighted by atomic mass is 16.6. The van der Waals surface area contributed by atoms with E-state index in [1.54, 1.807) is 24.3 Å². The van der Waals surface area contributed by atoms with Crippen LogP contribution in [-0.2, 0) is 4.74 Å². The van der Waals surface area contributed by atoms with Crippen molar-refractivity contribution in [1.82, 2.24) is 15.5 Å². The summed E-state index contributed by atoms with van der Waals surface area (Å²) in [5, 5.41) is 20.2. The van der Waals surface area contributed by atoms with Gasteiger partial charge in [0.05, 0.1) is 17.6 Å². The Kier molecular flexibility index (Phi) is 5.45. The number of aromatic nitrogens is 2. The fraction of sp³-hybridized carbons (Fsp3) is 0.500. The van der Waals surface area contributed by atoms with Crippen molar-refractivity contribution in [1.29, 1.82) is 5.26 Å². The minimum absolute atomic E-state index is 0.0362. The summed E-state index contributed by atoms with van der Waals surface area (Å²) < 4.78 is 11.3. The molecule has 1 amide bonds. The molecule has 3 rings (SSSR count). The monoisotopic (exact) mass is 368 g/mol. The average molecular weight is 368 g/mol. The van der Waals surface area contributed by atoms with Crippen molar-refractivity contribution in [2.24, 2.45) is 0 Å². The number of hydrogen-bond donors (Lipinski definition) is 1. The Balaban J connectivity index is 1.74. The lowest BCUT2D eigenvalue weighted by molar-refractivity contribution is 0.0481. The van der Waals surface area contributed by atoms with E-state index in [0.717, 1.165) is 31.2 Å². The van der Waals surface area contributed by atoms with E-state index >= 15 is 0 Å². The summed E-state index contributed by atoms with van der Waals surface area (Å²) >= 11 is 0. The second-order valence-corrected chi connectivity index (χ2v) is 7.78. The molecule has 1 aromatic carbocycles. The van der Waals surface area contributed by atoms with Crippen LogP contribution in [0.1, 0.15) is 63.8 Å². The van der Waals surface area contributed by atoms with E-state index in [9.17, 15) is 4.79 Å². The summed E-state index contributed by atoms with van der Waals surface area (Å²) in [6, 6.07) is 8.99. The maximum absolute atomic E-state index is 12.2. The van der Waals surface area contributed by atoms with E-state index in [1.807, 2.05) is 20.8 Å². The zero-order chi connectivity index (χ0) is 19.4. The van der Waals surface area contributed by atoms with E-state index in [4.69, 9.17) is 14.4 Å². The minimum Gasteiger partial charge on any atom is -0.444 e. The molecule has 2 aromatic rings. The van der Waals surface area contributed by atoms with Gasteiger partial charge in [0.2, 0.25) is 11.8 Å². The molecule has 0 aliphatic heterocycles. The first kappa shape index (κ1) is 18.9. The highest BCUT2D eigenvalue weighted by Crippen LogP contribution is 2.34. The van der Waals surface area contributed by atoms with Crippen molar-refractivity contribution < 1.29 is 13.9 Å². The zero-order valence-electron chi connectivity index (χ0n) is 15.9. The van der Waals surface area contributed by atoms with Crippen molar-refractivity contribution in [3.8, 4) is 17.5 Å². The first-order valence-corrected chi connectivity index (χ1v) is 9.19. The lowest BCUT2D eigenvalue weighted by Gasteiger charge is -2.30. The normalized spacial score (nSPS) is 19.9. The maximum atomic E-state index is 12.2. The fourth-order valence-electron chi connectivity index (χ4n) is 3.25. The van der Waals surface area contributed by atoms with Crippen LogP contribution in [0.5, 0.6) is 0 Å².